The number of anilines is 1. The van der Waals surface area contributed by atoms with Crippen molar-refractivity contribution in [2.45, 2.75) is 0 Å². The summed E-state index contributed by atoms with van der Waals surface area (Å²) in [6, 6.07) is 14.5. The summed E-state index contributed by atoms with van der Waals surface area (Å²) in [5, 5.41) is 2.76. The Bertz CT molecular complexity index is 584. The fourth-order valence-electron chi connectivity index (χ4n) is 1.58. The highest BCUT2D eigenvalue weighted by molar-refractivity contribution is 9.10. The Morgan fingerprint density at radius 3 is 2.50 bits per heavy atom. The molecule has 0 spiro atoms. The zero-order valence-electron chi connectivity index (χ0n) is 10.9. The molecule has 20 heavy (non-hydrogen) atoms. The summed E-state index contributed by atoms with van der Waals surface area (Å²) in [5.74, 6) is 1.16. The van der Waals surface area contributed by atoms with Crippen LogP contribution < -0.4 is 14.8 Å². The molecule has 1 N–H and O–H groups in total. The number of benzene rings is 2. The summed E-state index contributed by atoms with van der Waals surface area (Å²) in [6.07, 6.45) is 0. The fourth-order valence-corrected chi connectivity index (χ4v) is 1.98. The molecule has 104 valence electrons. The van der Waals surface area contributed by atoms with E-state index in [-0.39, 0.29) is 12.5 Å². The summed E-state index contributed by atoms with van der Waals surface area (Å²) in [7, 11) is 1.60. The Balaban J connectivity index is 1.85. The van der Waals surface area contributed by atoms with Gasteiger partial charge in [-0.2, -0.15) is 0 Å². The van der Waals surface area contributed by atoms with Crippen LogP contribution in [0.2, 0.25) is 0 Å². The topological polar surface area (TPSA) is 47.6 Å². The molecule has 0 heterocycles. The van der Waals surface area contributed by atoms with Crippen molar-refractivity contribution in [3.63, 3.8) is 0 Å². The lowest BCUT2D eigenvalue weighted by Gasteiger charge is -2.08. The highest BCUT2D eigenvalue weighted by Crippen LogP contribution is 2.18. The van der Waals surface area contributed by atoms with Crippen molar-refractivity contribution in [3.05, 3.63) is 53.0 Å². The van der Waals surface area contributed by atoms with E-state index in [1.165, 1.54) is 0 Å². The van der Waals surface area contributed by atoms with Gasteiger partial charge in [0.1, 0.15) is 11.5 Å². The molecular weight excluding hydrogens is 322 g/mol. The van der Waals surface area contributed by atoms with E-state index in [4.69, 9.17) is 9.47 Å². The van der Waals surface area contributed by atoms with Crippen molar-refractivity contribution in [3.8, 4) is 11.5 Å². The molecule has 1 amide bonds. The molecule has 0 aliphatic heterocycles. The van der Waals surface area contributed by atoms with Crippen LogP contribution >= 0.6 is 15.9 Å². The lowest BCUT2D eigenvalue weighted by atomic mass is 10.3. The molecule has 0 saturated heterocycles. The van der Waals surface area contributed by atoms with Gasteiger partial charge in [-0.1, -0.05) is 22.0 Å². The minimum absolute atomic E-state index is 0.0428. The summed E-state index contributed by atoms with van der Waals surface area (Å²) >= 11 is 3.35. The standard InChI is InChI=1S/C15H14BrNO3/c1-19-13-5-7-14(8-6-13)20-10-15(18)17-12-4-2-3-11(16)9-12/h2-9H,10H2,1H3,(H,17,18). The van der Waals surface area contributed by atoms with Crippen molar-refractivity contribution in [1.29, 1.82) is 0 Å². The molecular formula is C15H14BrNO3. The van der Waals surface area contributed by atoms with Crippen LogP contribution in [0.5, 0.6) is 11.5 Å². The number of rotatable bonds is 5. The highest BCUT2D eigenvalue weighted by Gasteiger charge is 2.04. The SMILES string of the molecule is COc1ccc(OCC(=O)Nc2cccc(Br)c2)cc1. The summed E-state index contributed by atoms with van der Waals surface area (Å²) in [6.45, 7) is -0.0428. The zero-order valence-corrected chi connectivity index (χ0v) is 12.5. The van der Waals surface area contributed by atoms with E-state index in [1.54, 1.807) is 31.4 Å². The predicted molar refractivity (Wildman–Crippen MR) is 81.3 cm³/mol. The molecule has 0 aromatic heterocycles. The van der Waals surface area contributed by atoms with Crippen LogP contribution in [-0.2, 0) is 4.79 Å². The van der Waals surface area contributed by atoms with Gasteiger partial charge >= 0.3 is 0 Å². The van der Waals surface area contributed by atoms with Gasteiger partial charge in [0.05, 0.1) is 7.11 Å². The number of hydrogen-bond acceptors (Lipinski definition) is 3. The van der Waals surface area contributed by atoms with Crippen LogP contribution in [0.25, 0.3) is 0 Å². The molecule has 0 bridgehead atoms. The monoisotopic (exact) mass is 335 g/mol. The van der Waals surface area contributed by atoms with E-state index >= 15 is 0 Å². The largest absolute Gasteiger partial charge is 0.497 e. The number of ether oxygens (including phenoxy) is 2. The number of amides is 1. The minimum atomic E-state index is -0.209. The van der Waals surface area contributed by atoms with Gasteiger partial charge in [0.2, 0.25) is 0 Å². The van der Waals surface area contributed by atoms with E-state index in [0.29, 0.717) is 5.75 Å². The maximum absolute atomic E-state index is 11.7. The molecule has 2 aromatic carbocycles. The summed E-state index contributed by atoms with van der Waals surface area (Å²) in [4.78, 5) is 11.7. The van der Waals surface area contributed by atoms with Crippen LogP contribution in [0.1, 0.15) is 0 Å². The van der Waals surface area contributed by atoms with Crippen LogP contribution in [0.3, 0.4) is 0 Å². The molecule has 2 rings (SSSR count). The third-order valence-corrected chi connectivity index (χ3v) is 3.03. The molecule has 0 saturated carbocycles. The average Bonchev–Trinajstić information content (AvgIpc) is 2.46. The van der Waals surface area contributed by atoms with Crippen molar-refractivity contribution in [1.82, 2.24) is 0 Å². The van der Waals surface area contributed by atoms with Crippen molar-refractivity contribution in [2.75, 3.05) is 19.0 Å². The number of hydrogen-bond donors (Lipinski definition) is 1. The van der Waals surface area contributed by atoms with Crippen LogP contribution in [-0.4, -0.2) is 19.6 Å². The Kier molecular flexibility index (Phi) is 5.01. The van der Waals surface area contributed by atoms with Gasteiger partial charge in [0.25, 0.3) is 5.91 Å². The first kappa shape index (κ1) is 14.4. The normalized spacial score (nSPS) is 9.90. The van der Waals surface area contributed by atoms with Gasteiger partial charge < -0.3 is 14.8 Å². The number of carbonyl (C=O) groups is 1. The second kappa shape index (κ2) is 6.96. The summed E-state index contributed by atoms with van der Waals surface area (Å²) in [5.41, 5.74) is 0.725. The lowest BCUT2D eigenvalue weighted by Crippen LogP contribution is -2.20. The molecule has 5 heteroatoms. The van der Waals surface area contributed by atoms with Crippen LogP contribution in [0, 0.1) is 0 Å². The van der Waals surface area contributed by atoms with E-state index in [9.17, 15) is 4.79 Å². The molecule has 0 aliphatic carbocycles. The Morgan fingerprint density at radius 2 is 1.85 bits per heavy atom. The first-order valence-corrected chi connectivity index (χ1v) is 6.79. The average molecular weight is 336 g/mol. The number of nitrogens with one attached hydrogen (secondary N) is 1. The quantitative estimate of drug-likeness (QED) is 0.909. The van der Waals surface area contributed by atoms with E-state index in [2.05, 4.69) is 21.2 Å². The first-order valence-electron chi connectivity index (χ1n) is 5.99. The third-order valence-electron chi connectivity index (χ3n) is 2.54. The Morgan fingerprint density at radius 1 is 1.15 bits per heavy atom. The van der Waals surface area contributed by atoms with Crippen molar-refractivity contribution < 1.29 is 14.3 Å². The van der Waals surface area contributed by atoms with Crippen molar-refractivity contribution >= 4 is 27.5 Å². The number of carbonyl (C=O) groups excluding carboxylic acids is 1. The fraction of sp³-hybridized carbons (Fsp3) is 0.133. The maximum Gasteiger partial charge on any atom is 0.262 e. The van der Waals surface area contributed by atoms with Gasteiger partial charge in [-0.15, -0.1) is 0 Å². The maximum atomic E-state index is 11.7. The van der Waals surface area contributed by atoms with Gasteiger partial charge in [0, 0.05) is 10.2 Å². The van der Waals surface area contributed by atoms with Gasteiger partial charge in [-0.05, 0) is 42.5 Å². The smallest absolute Gasteiger partial charge is 0.262 e. The molecule has 0 unspecified atom stereocenters. The molecule has 0 radical (unpaired) electrons. The zero-order chi connectivity index (χ0) is 14.4. The Hall–Kier alpha value is -2.01. The van der Waals surface area contributed by atoms with E-state index in [1.807, 2.05) is 24.3 Å². The molecule has 0 atom stereocenters. The first-order chi connectivity index (χ1) is 9.67. The summed E-state index contributed by atoms with van der Waals surface area (Å²) < 4.78 is 11.3. The van der Waals surface area contributed by atoms with Crippen LogP contribution in [0.4, 0.5) is 5.69 Å². The second-order valence-corrected chi connectivity index (χ2v) is 4.94. The molecule has 0 fully saturated rings. The number of halogens is 1. The van der Waals surface area contributed by atoms with E-state index < -0.39 is 0 Å². The molecule has 4 nitrogen and oxygen atoms in total. The van der Waals surface area contributed by atoms with Gasteiger partial charge in [0.15, 0.2) is 6.61 Å². The van der Waals surface area contributed by atoms with Crippen molar-refractivity contribution in [2.24, 2.45) is 0 Å². The van der Waals surface area contributed by atoms with E-state index in [0.717, 1.165) is 15.9 Å². The molecule has 0 aliphatic rings. The number of methoxy groups -OCH3 is 1. The Labute approximate surface area is 125 Å². The van der Waals surface area contributed by atoms with Gasteiger partial charge in [-0.25, -0.2) is 0 Å². The second-order valence-electron chi connectivity index (χ2n) is 4.02. The third kappa shape index (κ3) is 4.28. The minimum Gasteiger partial charge on any atom is -0.497 e. The highest BCUT2D eigenvalue weighted by atomic mass is 79.9. The predicted octanol–water partition coefficient (Wildman–Crippen LogP) is 3.48. The molecule has 2 aromatic rings. The lowest BCUT2D eigenvalue weighted by molar-refractivity contribution is -0.118. The van der Waals surface area contributed by atoms with Gasteiger partial charge in [-0.3, -0.25) is 4.79 Å². The van der Waals surface area contributed by atoms with Crippen LogP contribution in [0.15, 0.2) is 53.0 Å².